The predicted octanol–water partition coefficient (Wildman–Crippen LogP) is 5.60. The van der Waals surface area contributed by atoms with Gasteiger partial charge in [-0.15, -0.1) is 0 Å². The van der Waals surface area contributed by atoms with E-state index in [0.717, 1.165) is 37.4 Å². The maximum atomic E-state index is 13.6. The monoisotopic (exact) mass is 525 g/mol. The van der Waals surface area contributed by atoms with Crippen molar-refractivity contribution in [3.63, 3.8) is 0 Å². The lowest BCUT2D eigenvalue weighted by Crippen LogP contribution is -2.36. The predicted molar refractivity (Wildman–Crippen MR) is 146 cm³/mol. The summed E-state index contributed by atoms with van der Waals surface area (Å²) < 4.78 is 13.6. The molecule has 0 bridgehead atoms. The molecular formula is C27H28FN3O3S2. The van der Waals surface area contributed by atoms with Crippen LogP contribution in [0, 0.1) is 11.7 Å². The van der Waals surface area contributed by atoms with Gasteiger partial charge in [0.15, 0.2) is 0 Å². The number of halogens is 1. The number of hydrogen-bond acceptors (Lipinski definition) is 5. The van der Waals surface area contributed by atoms with Crippen LogP contribution in [0.4, 0.5) is 15.8 Å². The Hall–Kier alpha value is -3.04. The minimum Gasteiger partial charge on any atom is -0.325 e. The number of hydrogen-bond donors (Lipinski definition) is 1. The molecule has 4 rings (SSSR count). The molecule has 1 unspecified atom stereocenters. The van der Waals surface area contributed by atoms with Crippen LogP contribution in [-0.4, -0.2) is 40.0 Å². The fraction of sp³-hybridized carbons (Fsp3) is 0.333. The summed E-state index contributed by atoms with van der Waals surface area (Å²) >= 11 is 6.70. The third kappa shape index (κ3) is 5.37. The van der Waals surface area contributed by atoms with Crippen molar-refractivity contribution in [1.82, 2.24) is 4.90 Å². The fourth-order valence-corrected chi connectivity index (χ4v) is 5.76. The van der Waals surface area contributed by atoms with Gasteiger partial charge in [0.25, 0.3) is 11.8 Å². The quantitative estimate of drug-likeness (QED) is 0.341. The number of carbonyl (C=O) groups is 3. The number of thiocarbonyl (C=S) groups is 1. The molecular weight excluding hydrogens is 497 g/mol. The van der Waals surface area contributed by atoms with E-state index in [-0.39, 0.29) is 18.0 Å². The number of amides is 3. The third-order valence-electron chi connectivity index (χ3n) is 6.41. The van der Waals surface area contributed by atoms with Crippen LogP contribution in [0.2, 0.25) is 0 Å². The average molecular weight is 526 g/mol. The minimum absolute atomic E-state index is 0.244. The molecule has 1 saturated heterocycles. The molecule has 0 radical (unpaired) electrons. The second kappa shape index (κ2) is 11.3. The number of anilines is 2. The van der Waals surface area contributed by atoms with Crippen molar-refractivity contribution >= 4 is 63.0 Å². The highest BCUT2D eigenvalue weighted by atomic mass is 32.2. The first-order chi connectivity index (χ1) is 17.3. The molecule has 0 saturated carbocycles. The smallest absolute Gasteiger partial charge is 0.267 e. The molecule has 1 atom stereocenters. The number of nitrogens with one attached hydrogen (secondary N) is 1. The Morgan fingerprint density at radius 2 is 1.78 bits per heavy atom. The van der Waals surface area contributed by atoms with Gasteiger partial charge in [0.2, 0.25) is 5.91 Å². The van der Waals surface area contributed by atoms with Crippen molar-refractivity contribution in [2.24, 2.45) is 5.92 Å². The molecule has 2 aliphatic heterocycles. The van der Waals surface area contributed by atoms with Crippen molar-refractivity contribution in [2.75, 3.05) is 23.3 Å². The summed E-state index contributed by atoms with van der Waals surface area (Å²) in [6, 6.07) is 12.5. The molecule has 1 N–H and O–H groups in total. The molecule has 9 heteroatoms. The largest absolute Gasteiger partial charge is 0.325 e. The summed E-state index contributed by atoms with van der Waals surface area (Å²) in [5, 5.41) is 2.68. The number of nitrogens with zero attached hydrogens (tertiary/aromatic N) is 2. The van der Waals surface area contributed by atoms with Gasteiger partial charge in [-0.25, -0.2) is 4.39 Å². The molecule has 1 fully saturated rings. The maximum Gasteiger partial charge on any atom is 0.267 e. The molecule has 0 spiro atoms. The van der Waals surface area contributed by atoms with Gasteiger partial charge in [-0.2, -0.15) is 0 Å². The average Bonchev–Trinajstić information content (AvgIpc) is 3.30. The normalized spacial score (nSPS) is 18.1. The second-order valence-electron chi connectivity index (χ2n) is 8.87. The highest BCUT2D eigenvalue weighted by Gasteiger charge is 2.42. The van der Waals surface area contributed by atoms with E-state index in [4.69, 9.17) is 12.2 Å². The van der Waals surface area contributed by atoms with Gasteiger partial charge in [-0.05, 0) is 42.7 Å². The van der Waals surface area contributed by atoms with Crippen LogP contribution in [0.5, 0.6) is 0 Å². The highest BCUT2D eigenvalue weighted by molar-refractivity contribution is 8.26. The van der Waals surface area contributed by atoms with E-state index in [9.17, 15) is 18.8 Å². The van der Waals surface area contributed by atoms with E-state index in [2.05, 4.69) is 19.2 Å². The molecule has 2 aromatic rings. The first-order valence-electron chi connectivity index (χ1n) is 12.1. The molecule has 0 aliphatic carbocycles. The molecule has 0 aromatic heterocycles. The van der Waals surface area contributed by atoms with Crippen molar-refractivity contribution in [3.8, 4) is 0 Å². The zero-order valence-corrected chi connectivity index (χ0v) is 21.9. The third-order valence-corrected chi connectivity index (χ3v) is 7.86. The summed E-state index contributed by atoms with van der Waals surface area (Å²) in [5.74, 6) is -1.16. The Bertz CT molecular complexity index is 1230. The van der Waals surface area contributed by atoms with Crippen molar-refractivity contribution < 1.29 is 18.8 Å². The summed E-state index contributed by atoms with van der Waals surface area (Å²) in [5.41, 5.74) is 1.87. The van der Waals surface area contributed by atoms with Gasteiger partial charge in [-0.1, -0.05) is 75.3 Å². The van der Waals surface area contributed by atoms with Crippen LogP contribution in [0.1, 0.15) is 45.1 Å². The van der Waals surface area contributed by atoms with Gasteiger partial charge in [0.1, 0.15) is 16.7 Å². The first kappa shape index (κ1) is 26.0. The van der Waals surface area contributed by atoms with Gasteiger partial charge in [0.05, 0.1) is 16.2 Å². The Kier molecular flexibility index (Phi) is 8.21. The van der Waals surface area contributed by atoms with Crippen molar-refractivity contribution in [1.29, 1.82) is 0 Å². The number of carbonyl (C=O) groups excluding carboxylic acids is 3. The van der Waals surface area contributed by atoms with E-state index in [1.807, 2.05) is 0 Å². The van der Waals surface area contributed by atoms with Gasteiger partial charge < -0.3 is 5.32 Å². The zero-order chi connectivity index (χ0) is 25.8. The minimum atomic E-state index is -0.430. The number of para-hydroxylation sites is 1. The lowest BCUT2D eigenvalue weighted by Gasteiger charge is -2.21. The van der Waals surface area contributed by atoms with Crippen LogP contribution in [0.15, 0.2) is 53.4 Å². The molecule has 36 heavy (non-hydrogen) atoms. The molecule has 2 aliphatic rings. The maximum absolute atomic E-state index is 13.6. The Morgan fingerprint density at radius 3 is 2.47 bits per heavy atom. The van der Waals surface area contributed by atoms with Crippen molar-refractivity contribution in [3.05, 3.63) is 64.8 Å². The fourth-order valence-electron chi connectivity index (χ4n) is 4.42. The lowest BCUT2D eigenvalue weighted by molar-refractivity contribution is -0.123. The van der Waals surface area contributed by atoms with Crippen molar-refractivity contribution in [2.45, 2.75) is 39.5 Å². The number of rotatable bonds is 9. The molecule has 188 valence electrons. The molecule has 3 amide bonds. The SMILES string of the molecule is CCCCC(CC)CN1C(=O)/C(=C2/C(=O)N(CC(=O)Nc3ccc(F)cc3)c3ccccc32)SC1=S. The molecule has 6 nitrogen and oxygen atoms in total. The Morgan fingerprint density at radius 1 is 1.06 bits per heavy atom. The van der Waals surface area contributed by atoms with Crippen LogP contribution in [0.3, 0.4) is 0 Å². The molecule has 2 heterocycles. The lowest BCUT2D eigenvalue weighted by atomic mass is 9.98. The standard InChI is InChI=1S/C27H28FN3O3S2/c1-3-5-8-17(4-2)15-31-26(34)24(36-27(31)35)23-20-9-6-7-10-21(20)30(25(23)33)16-22(32)29-19-13-11-18(28)12-14-19/h6-7,9-14,17H,3-5,8,15-16H2,1-2H3,(H,29,32)/b24-23-. The van der Waals surface area contributed by atoms with E-state index >= 15 is 0 Å². The van der Waals surface area contributed by atoms with Gasteiger partial charge >= 0.3 is 0 Å². The summed E-state index contributed by atoms with van der Waals surface area (Å²) in [6.07, 6.45) is 4.15. The first-order valence-corrected chi connectivity index (χ1v) is 13.3. The summed E-state index contributed by atoms with van der Waals surface area (Å²) in [7, 11) is 0. The number of unbranched alkanes of at least 4 members (excludes halogenated alkanes) is 1. The summed E-state index contributed by atoms with van der Waals surface area (Å²) in [4.78, 5) is 43.1. The highest BCUT2D eigenvalue weighted by Crippen LogP contribution is 2.44. The number of thioether (sulfide) groups is 1. The second-order valence-corrected chi connectivity index (χ2v) is 10.5. The van der Waals surface area contributed by atoms with Crippen LogP contribution >= 0.6 is 24.0 Å². The molecule has 2 aromatic carbocycles. The zero-order valence-electron chi connectivity index (χ0n) is 20.3. The number of fused-ring (bicyclic) bond motifs is 1. The van der Waals surface area contributed by atoms with Crippen LogP contribution < -0.4 is 10.2 Å². The van der Waals surface area contributed by atoms with E-state index in [1.54, 1.807) is 29.2 Å². The van der Waals surface area contributed by atoms with Crippen LogP contribution in [0.25, 0.3) is 5.57 Å². The summed E-state index contributed by atoms with van der Waals surface area (Å²) in [6.45, 7) is 4.55. The van der Waals surface area contributed by atoms with Gasteiger partial charge in [-0.3, -0.25) is 24.2 Å². The number of benzene rings is 2. The topological polar surface area (TPSA) is 69.7 Å². The van der Waals surface area contributed by atoms with E-state index in [1.165, 1.54) is 29.2 Å². The Balaban J connectivity index is 1.58. The van der Waals surface area contributed by atoms with Crippen LogP contribution in [-0.2, 0) is 14.4 Å². The van der Waals surface area contributed by atoms with E-state index < -0.39 is 17.6 Å². The Labute approximate surface area is 219 Å². The van der Waals surface area contributed by atoms with Gasteiger partial charge in [0, 0.05) is 17.8 Å². The van der Waals surface area contributed by atoms with E-state index in [0.29, 0.717) is 38.6 Å².